The summed E-state index contributed by atoms with van der Waals surface area (Å²) in [6.45, 7) is 4.54. The number of halogens is 1. The standard InChI is InChI=1S/C21H28ClN3O3/c1-20(2)7-3-8-21(28,12-20)13-23-19(27)16-10-14(4-5-17(16)22)18-11-15(6-9-26)24-25-18/h4-5,10-11,26,28H,3,6-9,12-13H2,1-2H3,(H,23,27)(H,24,25). The van der Waals surface area contributed by atoms with E-state index in [1.54, 1.807) is 18.2 Å². The number of aromatic amines is 1. The van der Waals surface area contributed by atoms with E-state index in [0.29, 0.717) is 35.5 Å². The average molecular weight is 406 g/mol. The molecule has 6 nitrogen and oxygen atoms in total. The Morgan fingerprint density at radius 3 is 2.82 bits per heavy atom. The minimum absolute atomic E-state index is 0.0373. The molecule has 1 unspecified atom stereocenters. The molecule has 152 valence electrons. The average Bonchev–Trinajstić information content (AvgIpc) is 3.08. The molecule has 0 spiro atoms. The van der Waals surface area contributed by atoms with Crippen LogP contribution in [0.5, 0.6) is 0 Å². The van der Waals surface area contributed by atoms with Gasteiger partial charge in [-0.15, -0.1) is 0 Å². The van der Waals surface area contributed by atoms with Crippen LogP contribution in [0.15, 0.2) is 24.3 Å². The highest BCUT2D eigenvalue weighted by molar-refractivity contribution is 6.34. The van der Waals surface area contributed by atoms with Crippen LogP contribution >= 0.6 is 11.6 Å². The third-order valence-electron chi connectivity index (χ3n) is 5.40. The molecule has 1 amide bonds. The van der Waals surface area contributed by atoms with Gasteiger partial charge in [0, 0.05) is 30.8 Å². The lowest BCUT2D eigenvalue weighted by Gasteiger charge is -2.41. The number of carbonyl (C=O) groups is 1. The van der Waals surface area contributed by atoms with Crippen LogP contribution in [0.1, 0.15) is 55.6 Å². The number of aliphatic hydroxyl groups excluding tert-OH is 1. The van der Waals surface area contributed by atoms with Crippen molar-refractivity contribution in [2.75, 3.05) is 13.2 Å². The number of carbonyl (C=O) groups excluding carboxylic acids is 1. The molecule has 1 fully saturated rings. The molecule has 4 N–H and O–H groups in total. The van der Waals surface area contributed by atoms with E-state index in [1.807, 2.05) is 6.07 Å². The molecule has 1 saturated carbocycles. The van der Waals surface area contributed by atoms with Gasteiger partial charge in [-0.3, -0.25) is 9.89 Å². The number of H-pyrrole nitrogens is 1. The van der Waals surface area contributed by atoms with Gasteiger partial charge in [0.25, 0.3) is 5.91 Å². The number of hydrogen-bond donors (Lipinski definition) is 4. The lowest BCUT2D eigenvalue weighted by Crippen LogP contribution is -2.48. The summed E-state index contributed by atoms with van der Waals surface area (Å²) < 4.78 is 0. The molecule has 7 heteroatoms. The smallest absolute Gasteiger partial charge is 0.252 e. The van der Waals surface area contributed by atoms with Crippen molar-refractivity contribution in [1.82, 2.24) is 15.5 Å². The summed E-state index contributed by atoms with van der Waals surface area (Å²) in [7, 11) is 0. The SMILES string of the molecule is CC1(C)CCCC(O)(CNC(=O)c2cc(-c3cc(CCO)[nH]n3)ccc2Cl)C1. The molecule has 1 aromatic heterocycles. The monoisotopic (exact) mass is 405 g/mol. The first-order valence-electron chi connectivity index (χ1n) is 9.67. The Kier molecular flexibility index (Phi) is 6.12. The van der Waals surface area contributed by atoms with Crippen molar-refractivity contribution in [3.8, 4) is 11.3 Å². The maximum atomic E-state index is 12.7. The van der Waals surface area contributed by atoms with Crippen LogP contribution in [0.4, 0.5) is 0 Å². The van der Waals surface area contributed by atoms with E-state index in [-0.39, 0.29) is 24.5 Å². The topological polar surface area (TPSA) is 98.2 Å². The predicted molar refractivity (Wildman–Crippen MR) is 109 cm³/mol. The Morgan fingerprint density at radius 1 is 1.32 bits per heavy atom. The molecule has 1 aromatic carbocycles. The summed E-state index contributed by atoms with van der Waals surface area (Å²) in [6.07, 6.45) is 3.87. The third kappa shape index (κ3) is 4.93. The minimum Gasteiger partial charge on any atom is -0.396 e. The molecule has 1 aliphatic rings. The molecular weight excluding hydrogens is 378 g/mol. The Morgan fingerprint density at radius 2 is 2.11 bits per heavy atom. The van der Waals surface area contributed by atoms with Crippen molar-refractivity contribution < 1.29 is 15.0 Å². The van der Waals surface area contributed by atoms with Crippen molar-refractivity contribution in [2.24, 2.45) is 5.41 Å². The molecule has 1 aliphatic carbocycles. The van der Waals surface area contributed by atoms with Crippen LogP contribution in [-0.4, -0.2) is 45.1 Å². The zero-order valence-electron chi connectivity index (χ0n) is 16.4. The summed E-state index contributed by atoms with van der Waals surface area (Å²) in [5.74, 6) is -0.310. The zero-order valence-corrected chi connectivity index (χ0v) is 17.1. The van der Waals surface area contributed by atoms with Crippen LogP contribution < -0.4 is 5.32 Å². The Hall–Kier alpha value is -1.89. The molecule has 0 bridgehead atoms. The molecule has 2 aromatic rings. The van der Waals surface area contributed by atoms with E-state index in [0.717, 1.165) is 24.1 Å². The Bertz CT molecular complexity index is 849. The van der Waals surface area contributed by atoms with Crippen molar-refractivity contribution >= 4 is 17.5 Å². The minimum atomic E-state index is -0.886. The highest BCUT2D eigenvalue weighted by Crippen LogP contribution is 2.40. The number of hydrogen-bond acceptors (Lipinski definition) is 4. The molecule has 1 heterocycles. The van der Waals surface area contributed by atoms with E-state index < -0.39 is 5.60 Å². The normalized spacial score (nSPS) is 21.5. The highest BCUT2D eigenvalue weighted by atomic mass is 35.5. The summed E-state index contributed by atoms with van der Waals surface area (Å²) in [5, 5.41) is 30.2. The first kappa shape index (κ1) is 20.8. The summed E-state index contributed by atoms with van der Waals surface area (Å²) >= 11 is 6.25. The Balaban J connectivity index is 1.72. The highest BCUT2D eigenvalue weighted by Gasteiger charge is 2.38. The summed E-state index contributed by atoms with van der Waals surface area (Å²) in [5.41, 5.74) is 1.80. The zero-order chi connectivity index (χ0) is 20.4. The quantitative estimate of drug-likeness (QED) is 0.592. The van der Waals surface area contributed by atoms with Crippen molar-refractivity contribution in [1.29, 1.82) is 0 Å². The Labute approximate surface area is 170 Å². The third-order valence-corrected chi connectivity index (χ3v) is 5.73. The maximum Gasteiger partial charge on any atom is 0.252 e. The number of benzene rings is 1. The van der Waals surface area contributed by atoms with E-state index in [1.165, 1.54) is 0 Å². The van der Waals surface area contributed by atoms with Crippen LogP contribution in [-0.2, 0) is 6.42 Å². The lowest BCUT2D eigenvalue weighted by atomic mass is 9.70. The van der Waals surface area contributed by atoms with Gasteiger partial charge < -0.3 is 15.5 Å². The van der Waals surface area contributed by atoms with Crippen molar-refractivity contribution in [3.63, 3.8) is 0 Å². The number of aliphatic hydroxyl groups is 2. The van der Waals surface area contributed by atoms with Gasteiger partial charge in [0.2, 0.25) is 0 Å². The number of nitrogens with zero attached hydrogens (tertiary/aromatic N) is 1. The molecule has 0 radical (unpaired) electrons. The fraction of sp³-hybridized carbons (Fsp3) is 0.524. The van der Waals surface area contributed by atoms with Gasteiger partial charge in [-0.05, 0) is 49.3 Å². The van der Waals surface area contributed by atoms with Crippen LogP contribution in [0.2, 0.25) is 5.02 Å². The number of rotatable bonds is 6. The van der Waals surface area contributed by atoms with Gasteiger partial charge in [-0.25, -0.2) is 0 Å². The fourth-order valence-electron chi connectivity index (χ4n) is 4.07. The second-order valence-electron chi connectivity index (χ2n) is 8.55. The first-order chi connectivity index (χ1) is 13.2. The molecule has 3 rings (SSSR count). The predicted octanol–water partition coefficient (Wildman–Crippen LogP) is 3.33. The molecule has 1 atom stereocenters. The molecule has 28 heavy (non-hydrogen) atoms. The van der Waals surface area contributed by atoms with Gasteiger partial charge in [0.15, 0.2) is 0 Å². The summed E-state index contributed by atoms with van der Waals surface area (Å²) in [6, 6.07) is 7.01. The largest absolute Gasteiger partial charge is 0.396 e. The van der Waals surface area contributed by atoms with Gasteiger partial charge in [0.05, 0.1) is 21.9 Å². The first-order valence-corrected chi connectivity index (χ1v) is 10.0. The lowest BCUT2D eigenvalue weighted by molar-refractivity contribution is -0.0361. The van der Waals surface area contributed by atoms with Crippen molar-refractivity contribution in [3.05, 3.63) is 40.5 Å². The van der Waals surface area contributed by atoms with E-state index in [4.69, 9.17) is 16.7 Å². The van der Waals surface area contributed by atoms with Crippen LogP contribution in [0, 0.1) is 5.41 Å². The fourth-order valence-corrected chi connectivity index (χ4v) is 4.27. The summed E-state index contributed by atoms with van der Waals surface area (Å²) in [4.78, 5) is 12.7. The number of aromatic nitrogens is 2. The molecule has 0 aliphatic heterocycles. The van der Waals surface area contributed by atoms with E-state index in [2.05, 4.69) is 29.4 Å². The van der Waals surface area contributed by atoms with Crippen LogP contribution in [0.25, 0.3) is 11.3 Å². The van der Waals surface area contributed by atoms with E-state index in [9.17, 15) is 9.90 Å². The molecular formula is C21H28ClN3O3. The number of nitrogens with one attached hydrogen (secondary N) is 2. The van der Waals surface area contributed by atoms with Crippen molar-refractivity contribution in [2.45, 2.75) is 51.6 Å². The second-order valence-corrected chi connectivity index (χ2v) is 8.96. The van der Waals surface area contributed by atoms with Gasteiger partial charge in [-0.1, -0.05) is 31.5 Å². The van der Waals surface area contributed by atoms with Gasteiger partial charge in [0.1, 0.15) is 0 Å². The number of amides is 1. The molecule has 0 saturated heterocycles. The van der Waals surface area contributed by atoms with Gasteiger partial charge in [-0.2, -0.15) is 5.10 Å². The second kappa shape index (κ2) is 8.23. The van der Waals surface area contributed by atoms with Crippen LogP contribution in [0.3, 0.4) is 0 Å². The van der Waals surface area contributed by atoms with Gasteiger partial charge >= 0.3 is 0 Å². The van der Waals surface area contributed by atoms with E-state index >= 15 is 0 Å². The maximum absolute atomic E-state index is 12.7.